The summed E-state index contributed by atoms with van der Waals surface area (Å²) in [5.74, 6) is -0.263. The van der Waals surface area contributed by atoms with Crippen molar-refractivity contribution in [2.45, 2.75) is 45.1 Å². The fraction of sp³-hybridized carbons (Fsp3) is 0.545. The molecule has 1 spiro atoms. The van der Waals surface area contributed by atoms with E-state index >= 15 is 0 Å². The van der Waals surface area contributed by atoms with E-state index in [9.17, 15) is 9.18 Å². The Balaban J connectivity index is 1.26. The number of amides is 1. The van der Waals surface area contributed by atoms with Crippen LogP contribution in [-0.4, -0.2) is 47.6 Å². The molecule has 4 rings (SSSR count). The summed E-state index contributed by atoms with van der Waals surface area (Å²) < 4.78 is 19.8. The van der Waals surface area contributed by atoms with Crippen molar-refractivity contribution in [3.05, 3.63) is 46.7 Å². The van der Waals surface area contributed by atoms with Gasteiger partial charge >= 0.3 is 0 Å². The van der Waals surface area contributed by atoms with E-state index in [1.807, 2.05) is 6.07 Å². The van der Waals surface area contributed by atoms with E-state index in [4.69, 9.17) is 4.74 Å². The van der Waals surface area contributed by atoms with Gasteiger partial charge in [-0.25, -0.2) is 9.37 Å². The van der Waals surface area contributed by atoms with E-state index in [1.165, 1.54) is 17.4 Å². The maximum absolute atomic E-state index is 13.8. The van der Waals surface area contributed by atoms with Gasteiger partial charge in [0.15, 0.2) is 5.13 Å². The number of carbonyl (C=O) groups excluding carboxylic acids is 1. The Labute approximate surface area is 175 Å². The van der Waals surface area contributed by atoms with E-state index in [1.54, 1.807) is 18.3 Å². The molecule has 2 fully saturated rings. The standard InChI is InChI=1S/C22H28FN3O2S/c1-21(2)14-22(15-28-21)7-9-26(10-8-22)13-19(27)25-20-24-12-17(29-20)11-16-5-3-4-6-18(16)23/h3-6,12H,7-11,13-15H2,1-2H3,(H,24,25,27). The predicted molar refractivity (Wildman–Crippen MR) is 113 cm³/mol. The van der Waals surface area contributed by atoms with Crippen LogP contribution in [0.25, 0.3) is 0 Å². The summed E-state index contributed by atoms with van der Waals surface area (Å²) in [6.07, 6.45) is 5.44. The van der Waals surface area contributed by atoms with Gasteiger partial charge in [-0.2, -0.15) is 0 Å². The van der Waals surface area contributed by atoms with Crippen LogP contribution in [0.4, 0.5) is 9.52 Å². The van der Waals surface area contributed by atoms with Crippen molar-refractivity contribution in [1.29, 1.82) is 0 Å². The van der Waals surface area contributed by atoms with Gasteiger partial charge in [-0.05, 0) is 63.2 Å². The van der Waals surface area contributed by atoms with Gasteiger partial charge < -0.3 is 10.1 Å². The number of benzene rings is 1. The van der Waals surface area contributed by atoms with E-state index in [0.29, 0.717) is 23.7 Å². The molecule has 1 N–H and O–H groups in total. The van der Waals surface area contributed by atoms with E-state index in [-0.39, 0.29) is 22.7 Å². The number of hydrogen-bond acceptors (Lipinski definition) is 5. The van der Waals surface area contributed by atoms with Crippen molar-refractivity contribution in [1.82, 2.24) is 9.88 Å². The number of rotatable bonds is 5. The van der Waals surface area contributed by atoms with Crippen LogP contribution in [0, 0.1) is 11.2 Å². The van der Waals surface area contributed by atoms with Gasteiger partial charge in [0.2, 0.25) is 5.91 Å². The van der Waals surface area contributed by atoms with Crippen molar-refractivity contribution in [2.24, 2.45) is 5.41 Å². The van der Waals surface area contributed by atoms with E-state index in [2.05, 4.69) is 29.0 Å². The number of nitrogens with one attached hydrogen (secondary N) is 1. The molecule has 0 saturated carbocycles. The molecule has 1 aromatic carbocycles. The van der Waals surface area contributed by atoms with Crippen molar-refractivity contribution < 1.29 is 13.9 Å². The summed E-state index contributed by atoms with van der Waals surface area (Å²) in [4.78, 5) is 19.9. The Morgan fingerprint density at radius 3 is 2.76 bits per heavy atom. The molecule has 1 amide bonds. The van der Waals surface area contributed by atoms with Gasteiger partial charge in [0.05, 0.1) is 18.8 Å². The molecule has 0 radical (unpaired) electrons. The molecular formula is C22H28FN3O2S. The van der Waals surface area contributed by atoms with Gasteiger partial charge in [-0.15, -0.1) is 11.3 Å². The number of thiazole rings is 1. The molecule has 2 aromatic rings. The highest BCUT2D eigenvalue weighted by molar-refractivity contribution is 7.15. The molecule has 29 heavy (non-hydrogen) atoms. The van der Waals surface area contributed by atoms with Crippen LogP contribution in [0.2, 0.25) is 0 Å². The van der Waals surface area contributed by atoms with Crippen molar-refractivity contribution in [2.75, 3.05) is 31.6 Å². The monoisotopic (exact) mass is 417 g/mol. The number of carbonyl (C=O) groups is 1. The van der Waals surface area contributed by atoms with Crippen LogP contribution in [0.5, 0.6) is 0 Å². The summed E-state index contributed by atoms with van der Waals surface area (Å²) >= 11 is 1.40. The average molecular weight is 418 g/mol. The van der Waals surface area contributed by atoms with Gasteiger partial charge in [0, 0.05) is 17.5 Å². The lowest BCUT2D eigenvalue weighted by Crippen LogP contribution is -2.44. The second-order valence-corrected chi connectivity index (χ2v) is 10.1. The van der Waals surface area contributed by atoms with Gasteiger partial charge in [0.1, 0.15) is 5.82 Å². The van der Waals surface area contributed by atoms with Crippen LogP contribution in [0.1, 0.15) is 43.6 Å². The van der Waals surface area contributed by atoms with Crippen molar-refractivity contribution >= 4 is 22.4 Å². The lowest BCUT2D eigenvalue weighted by atomic mass is 9.74. The van der Waals surface area contributed by atoms with Gasteiger partial charge in [-0.3, -0.25) is 9.69 Å². The smallest absolute Gasteiger partial charge is 0.240 e. The minimum atomic E-state index is -0.217. The lowest BCUT2D eigenvalue weighted by Gasteiger charge is -2.38. The fourth-order valence-electron chi connectivity index (χ4n) is 4.50. The normalized spacial score (nSPS) is 20.8. The molecule has 5 nitrogen and oxygen atoms in total. The number of nitrogens with zero attached hydrogens (tertiary/aromatic N) is 2. The molecule has 0 aliphatic carbocycles. The SMILES string of the molecule is CC1(C)CC2(CCN(CC(=O)Nc3ncc(Cc4ccccc4F)s3)CC2)CO1. The lowest BCUT2D eigenvalue weighted by molar-refractivity contribution is -0.117. The fourth-order valence-corrected chi connectivity index (χ4v) is 5.35. The van der Waals surface area contributed by atoms with Crippen LogP contribution in [-0.2, 0) is 16.0 Å². The van der Waals surface area contributed by atoms with Crippen LogP contribution in [0.15, 0.2) is 30.5 Å². The van der Waals surface area contributed by atoms with Crippen LogP contribution >= 0.6 is 11.3 Å². The molecule has 2 saturated heterocycles. The molecule has 2 aliphatic heterocycles. The molecule has 3 heterocycles. The molecular weight excluding hydrogens is 389 g/mol. The highest BCUT2D eigenvalue weighted by Crippen LogP contribution is 2.46. The van der Waals surface area contributed by atoms with Crippen molar-refractivity contribution in [3.63, 3.8) is 0 Å². The number of ether oxygens (including phenoxy) is 1. The zero-order valence-corrected chi connectivity index (χ0v) is 17.9. The third-order valence-electron chi connectivity index (χ3n) is 5.98. The van der Waals surface area contributed by atoms with E-state index in [0.717, 1.165) is 43.8 Å². The Kier molecular flexibility index (Phi) is 5.73. The third kappa shape index (κ3) is 5.02. The topological polar surface area (TPSA) is 54.5 Å². The molecule has 2 aliphatic rings. The maximum atomic E-state index is 13.8. The Morgan fingerprint density at radius 2 is 2.07 bits per heavy atom. The second-order valence-electron chi connectivity index (χ2n) is 8.95. The van der Waals surface area contributed by atoms with Gasteiger partial charge in [0.25, 0.3) is 0 Å². The summed E-state index contributed by atoms with van der Waals surface area (Å²) in [6, 6.07) is 6.73. The minimum absolute atomic E-state index is 0.0231. The second kappa shape index (κ2) is 8.13. The molecule has 0 bridgehead atoms. The molecule has 7 heteroatoms. The largest absolute Gasteiger partial charge is 0.375 e. The first-order chi connectivity index (χ1) is 13.8. The Hall–Kier alpha value is -1.83. The van der Waals surface area contributed by atoms with Crippen LogP contribution < -0.4 is 5.32 Å². The first-order valence-electron chi connectivity index (χ1n) is 10.2. The quantitative estimate of drug-likeness (QED) is 0.796. The zero-order valence-electron chi connectivity index (χ0n) is 17.0. The number of likely N-dealkylation sites (tertiary alicyclic amines) is 1. The molecule has 0 atom stereocenters. The highest BCUT2D eigenvalue weighted by Gasteiger charge is 2.45. The van der Waals surface area contributed by atoms with Crippen molar-refractivity contribution in [3.8, 4) is 0 Å². The maximum Gasteiger partial charge on any atom is 0.240 e. The first kappa shape index (κ1) is 20.4. The minimum Gasteiger partial charge on any atom is -0.375 e. The Bertz CT molecular complexity index is 874. The summed E-state index contributed by atoms with van der Waals surface area (Å²) in [5.41, 5.74) is 0.897. The summed E-state index contributed by atoms with van der Waals surface area (Å²) in [5, 5.41) is 3.46. The third-order valence-corrected chi connectivity index (χ3v) is 6.89. The van der Waals surface area contributed by atoms with E-state index < -0.39 is 0 Å². The highest BCUT2D eigenvalue weighted by atomic mass is 32.1. The Morgan fingerprint density at radius 1 is 1.31 bits per heavy atom. The number of anilines is 1. The van der Waals surface area contributed by atoms with Crippen LogP contribution in [0.3, 0.4) is 0 Å². The summed E-state index contributed by atoms with van der Waals surface area (Å²) in [6.45, 7) is 7.38. The number of piperidine rings is 1. The number of halogens is 1. The molecule has 1 aromatic heterocycles. The average Bonchev–Trinajstić information content (AvgIpc) is 3.23. The first-order valence-corrected chi connectivity index (χ1v) is 11.0. The van der Waals surface area contributed by atoms with Gasteiger partial charge in [-0.1, -0.05) is 18.2 Å². The number of hydrogen-bond donors (Lipinski definition) is 1. The zero-order chi connectivity index (χ0) is 20.5. The number of aromatic nitrogens is 1. The molecule has 0 unspecified atom stereocenters. The predicted octanol–water partition coefficient (Wildman–Crippen LogP) is 4.09. The molecule has 156 valence electrons. The summed E-state index contributed by atoms with van der Waals surface area (Å²) in [7, 11) is 0.